The molecule has 32 heavy (non-hydrogen) atoms. The summed E-state index contributed by atoms with van der Waals surface area (Å²) in [7, 11) is 0. The Labute approximate surface area is 186 Å². The number of alkyl halides is 3. The summed E-state index contributed by atoms with van der Waals surface area (Å²) >= 11 is 5.92. The minimum Gasteiger partial charge on any atom is -0.441 e. The van der Waals surface area contributed by atoms with Gasteiger partial charge in [0.2, 0.25) is 0 Å². The Morgan fingerprint density at radius 2 is 1.88 bits per heavy atom. The number of amides is 1. The van der Waals surface area contributed by atoms with E-state index < -0.39 is 42.1 Å². The summed E-state index contributed by atoms with van der Waals surface area (Å²) in [6.45, 7) is 0.414. The number of hydrogen-bond acceptors (Lipinski definition) is 4. The van der Waals surface area contributed by atoms with Crippen LogP contribution in [0.25, 0.3) is 0 Å². The van der Waals surface area contributed by atoms with Gasteiger partial charge in [-0.05, 0) is 67.3 Å². The molecule has 2 saturated heterocycles. The van der Waals surface area contributed by atoms with Gasteiger partial charge in [0.15, 0.2) is 12.4 Å². The highest BCUT2D eigenvalue weighted by molar-refractivity contribution is 6.30. The van der Waals surface area contributed by atoms with Crippen LogP contribution in [0.15, 0.2) is 42.5 Å². The van der Waals surface area contributed by atoms with E-state index in [4.69, 9.17) is 25.8 Å². The van der Waals surface area contributed by atoms with Gasteiger partial charge < -0.3 is 14.2 Å². The summed E-state index contributed by atoms with van der Waals surface area (Å²) in [6.07, 6.45) is -4.54. The molecular formula is C22H20ClF4NO4. The molecule has 3 atom stereocenters. The summed E-state index contributed by atoms with van der Waals surface area (Å²) in [6, 6.07) is 7.29. The van der Waals surface area contributed by atoms with Gasteiger partial charge >= 0.3 is 12.3 Å². The van der Waals surface area contributed by atoms with Crippen LogP contribution < -0.4 is 4.90 Å². The Morgan fingerprint density at radius 1 is 1.12 bits per heavy atom. The molecule has 2 fully saturated rings. The van der Waals surface area contributed by atoms with Gasteiger partial charge in [-0.3, -0.25) is 4.90 Å². The van der Waals surface area contributed by atoms with Crippen molar-refractivity contribution in [2.45, 2.75) is 43.9 Å². The second kappa shape index (κ2) is 9.25. The monoisotopic (exact) mass is 473 g/mol. The molecule has 5 nitrogen and oxygen atoms in total. The Balaban J connectivity index is 1.69. The fourth-order valence-electron chi connectivity index (χ4n) is 3.88. The van der Waals surface area contributed by atoms with Crippen LogP contribution in [0, 0.1) is 5.82 Å². The van der Waals surface area contributed by atoms with Gasteiger partial charge in [-0.15, -0.1) is 0 Å². The molecule has 0 aliphatic carbocycles. The quantitative estimate of drug-likeness (QED) is 0.492. The summed E-state index contributed by atoms with van der Waals surface area (Å²) in [5.74, 6) is -1.07. The zero-order valence-corrected chi connectivity index (χ0v) is 17.5. The average Bonchev–Trinajstić information content (AvgIpc) is 3.08. The Kier molecular flexibility index (Phi) is 6.60. The van der Waals surface area contributed by atoms with E-state index in [0.717, 1.165) is 25.0 Å². The van der Waals surface area contributed by atoms with Crippen LogP contribution in [0.1, 0.15) is 36.4 Å². The number of halogens is 5. The number of benzene rings is 2. The van der Waals surface area contributed by atoms with Crippen molar-refractivity contribution in [3.63, 3.8) is 0 Å². The molecule has 2 aliphatic heterocycles. The van der Waals surface area contributed by atoms with E-state index >= 15 is 0 Å². The molecule has 2 aromatic rings. The zero-order chi connectivity index (χ0) is 22.9. The second-order valence-corrected chi connectivity index (χ2v) is 8.05. The van der Waals surface area contributed by atoms with Crippen molar-refractivity contribution in [3.8, 4) is 0 Å². The second-order valence-electron chi connectivity index (χ2n) is 7.61. The van der Waals surface area contributed by atoms with Crippen LogP contribution >= 0.6 is 11.6 Å². The van der Waals surface area contributed by atoms with Crippen molar-refractivity contribution in [1.82, 2.24) is 0 Å². The highest BCUT2D eigenvalue weighted by atomic mass is 35.5. The average molecular weight is 474 g/mol. The maximum absolute atomic E-state index is 14.2. The molecule has 2 aromatic carbocycles. The lowest BCUT2D eigenvalue weighted by molar-refractivity contribution is -0.174. The number of cyclic esters (lactones) is 1. The lowest BCUT2D eigenvalue weighted by Crippen LogP contribution is -2.33. The number of carbonyl (C=O) groups is 1. The molecule has 0 spiro atoms. The minimum absolute atomic E-state index is 0.0590. The fourth-order valence-corrected chi connectivity index (χ4v) is 4.00. The van der Waals surface area contributed by atoms with E-state index in [9.17, 15) is 22.4 Å². The molecule has 2 heterocycles. The van der Waals surface area contributed by atoms with E-state index in [1.807, 2.05) is 0 Å². The van der Waals surface area contributed by atoms with Crippen molar-refractivity contribution in [1.29, 1.82) is 0 Å². The molecule has 172 valence electrons. The van der Waals surface area contributed by atoms with Crippen molar-refractivity contribution in [2.75, 3.05) is 18.1 Å². The number of anilines is 1. The summed E-state index contributed by atoms with van der Waals surface area (Å²) in [5.41, 5.74) is -0.867. The van der Waals surface area contributed by atoms with Crippen LogP contribution in [0.4, 0.5) is 28.0 Å². The third-order valence-electron chi connectivity index (χ3n) is 5.36. The molecular weight excluding hydrogens is 454 g/mol. The first kappa shape index (κ1) is 22.8. The molecule has 2 aliphatic rings. The summed E-state index contributed by atoms with van der Waals surface area (Å²) < 4.78 is 70.9. The maximum atomic E-state index is 14.2. The minimum atomic E-state index is -4.76. The summed E-state index contributed by atoms with van der Waals surface area (Å²) in [4.78, 5) is 13.9. The van der Waals surface area contributed by atoms with Crippen molar-refractivity contribution >= 4 is 23.4 Å². The van der Waals surface area contributed by atoms with Gasteiger partial charge in [-0.1, -0.05) is 11.6 Å². The molecule has 0 radical (unpaired) electrons. The van der Waals surface area contributed by atoms with E-state index in [2.05, 4.69) is 0 Å². The van der Waals surface area contributed by atoms with Crippen molar-refractivity contribution < 1.29 is 36.6 Å². The van der Waals surface area contributed by atoms with Gasteiger partial charge in [0, 0.05) is 17.3 Å². The Morgan fingerprint density at radius 3 is 2.53 bits per heavy atom. The number of rotatable bonds is 5. The first-order valence-corrected chi connectivity index (χ1v) is 10.5. The lowest BCUT2D eigenvalue weighted by atomic mass is 9.98. The van der Waals surface area contributed by atoms with Crippen LogP contribution in [-0.4, -0.2) is 31.7 Å². The number of carbonyl (C=O) groups excluding carboxylic acids is 1. The van der Waals surface area contributed by atoms with Crippen LogP contribution in [0.2, 0.25) is 5.02 Å². The van der Waals surface area contributed by atoms with E-state index in [-0.39, 0.29) is 12.2 Å². The van der Waals surface area contributed by atoms with Crippen LogP contribution in [0.5, 0.6) is 0 Å². The topological polar surface area (TPSA) is 48.0 Å². The van der Waals surface area contributed by atoms with E-state index in [0.29, 0.717) is 29.8 Å². The first-order chi connectivity index (χ1) is 15.2. The fraction of sp³-hybridized carbons (Fsp3) is 0.409. The normalized spacial score (nSPS) is 24.0. The zero-order valence-electron chi connectivity index (χ0n) is 16.8. The van der Waals surface area contributed by atoms with Gasteiger partial charge in [-0.2, -0.15) is 13.2 Å². The van der Waals surface area contributed by atoms with Crippen LogP contribution in [0.3, 0.4) is 0 Å². The SMILES string of the molecule is O=C1O[C@@H](COC2CCCCO2)[C@H](c2cc(F)cc(C(F)(F)F)c2)N1c1ccc(Cl)cc1. The third kappa shape index (κ3) is 5.00. The smallest absolute Gasteiger partial charge is 0.416 e. The molecule has 0 N–H and O–H groups in total. The maximum Gasteiger partial charge on any atom is 0.416 e. The van der Waals surface area contributed by atoms with Crippen LogP contribution in [-0.2, 0) is 20.4 Å². The molecule has 1 amide bonds. The molecule has 0 saturated carbocycles. The van der Waals surface area contributed by atoms with Crippen molar-refractivity contribution in [3.05, 3.63) is 64.4 Å². The van der Waals surface area contributed by atoms with E-state index in [1.54, 1.807) is 0 Å². The standard InChI is InChI=1S/C22H20ClF4NO4/c23-15-4-6-17(7-5-15)28-20(13-9-14(22(25,26)27)11-16(24)10-13)18(32-21(28)29)12-31-19-3-1-2-8-30-19/h4-7,9-11,18-20H,1-3,8,12H2/t18-,19?,20-/m0/s1. The molecule has 10 heteroatoms. The highest BCUT2D eigenvalue weighted by Crippen LogP contribution is 2.40. The summed E-state index contributed by atoms with van der Waals surface area (Å²) in [5, 5.41) is 0.414. The van der Waals surface area contributed by atoms with Gasteiger partial charge in [-0.25, -0.2) is 9.18 Å². The Hall–Kier alpha value is -2.36. The molecule has 4 rings (SSSR count). The van der Waals surface area contributed by atoms with Gasteiger partial charge in [0.25, 0.3) is 0 Å². The van der Waals surface area contributed by atoms with E-state index in [1.165, 1.54) is 29.2 Å². The molecule has 0 bridgehead atoms. The first-order valence-electron chi connectivity index (χ1n) is 10.1. The van der Waals surface area contributed by atoms with Gasteiger partial charge in [0.05, 0.1) is 12.2 Å². The number of hydrogen-bond donors (Lipinski definition) is 0. The number of nitrogens with zero attached hydrogens (tertiary/aromatic N) is 1. The lowest BCUT2D eigenvalue weighted by Gasteiger charge is -2.28. The highest BCUT2D eigenvalue weighted by Gasteiger charge is 2.45. The predicted molar refractivity (Wildman–Crippen MR) is 108 cm³/mol. The van der Waals surface area contributed by atoms with Crippen molar-refractivity contribution in [2.24, 2.45) is 0 Å². The molecule has 1 unspecified atom stereocenters. The largest absolute Gasteiger partial charge is 0.441 e. The molecule has 0 aromatic heterocycles. The van der Waals surface area contributed by atoms with Gasteiger partial charge in [0.1, 0.15) is 11.9 Å². The number of ether oxygens (including phenoxy) is 3. The Bertz CT molecular complexity index is 963. The third-order valence-corrected chi connectivity index (χ3v) is 5.61. The predicted octanol–water partition coefficient (Wildman–Crippen LogP) is 6.11.